The summed E-state index contributed by atoms with van der Waals surface area (Å²) >= 11 is 0. The molecule has 0 radical (unpaired) electrons. The molecular weight excluding hydrogens is 314 g/mol. The van der Waals surface area contributed by atoms with E-state index >= 15 is 0 Å². The monoisotopic (exact) mass is 347 g/mol. The predicted octanol–water partition coefficient (Wildman–Crippen LogP) is 2.38. The van der Waals surface area contributed by atoms with Gasteiger partial charge in [-0.15, -0.1) is 0 Å². The van der Waals surface area contributed by atoms with Crippen LogP contribution in [-0.2, 0) is 11.3 Å². The molecule has 140 valence electrons. The topological polar surface area (TPSA) is 37.0 Å². The van der Waals surface area contributed by atoms with E-state index in [0.29, 0.717) is 0 Å². The van der Waals surface area contributed by atoms with Crippen LogP contribution in [0.5, 0.6) is 5.75 Å². The van der Waals surface area contributed by atoms with Crippen LogP contribution in [0.15, 0.2) is 24.3 Å². The molecular formula is C20H33N3O2. The molecule has 0 aromatic heterocycles. The van der Waals surface area contributed by atoms with Crippen molar-refractivity contribution >= 4 is 0 Å². The van der Waals surface area contributed by atoms with Gasteiger partial charge in [-0.05, 0) is 36.0 Å². The fourth-order valence-corrected chi connectivity index (χ4v) is 3.90. The molecule has 5 heteroatoms. The Morgan fingerprint density at radius 2 is 1.76 bits per heavy atom. The number of likely N-dealkylation sites (tertiary alicyclic amines) is 1. The van der Waals surface area contributed by atoms with Gasteiger partial charge in [0, 0.05) is 39.3 Å². The Balaban J connectivity index is 1.35. The Bertz CT molecular complexity index is 492. The smallest absolute Gasteiger partial charge is 0.119 e. The first kappa shape index (κ1) is 18.6. The van der Waals surface area contributed by atoms with E-state index in [1.807, 2.05) is 0 Å². The van der Waals surface area contributed by atoms with Crippen LogP contribution < -0.4 is 10.2 Å². The minimum atomic E-state index is 0.769. The van der Waals surface area contributed by atoms with Crippen molar-refractivity contribution in [2.75, 3.05) is 52.5 Å². The molecule has 3 rings (SSSR count). The first-order valence-corrected chi connectivity index (χ1v) is 9.69. The summed E-state index contributed by atoms with van der Waals surface area (Å²) in [6.07, 6.45) is 1.36. The molecule has 5 nitrogen and oxygen atoms in total. The molecule has 1 aromatic rings. The molecule has 1 N–H and O–H groups in total. The van der Waals surface area contributed by atoms with Gasteiger partial charge in [0.1, 0.15) is 12.4 Å². The molecule has 2 aliphatic heterocycles. The number of benzene rings is 1. The lowest BCUT2D eigenvalue weighted by atomic mass is 9.92. The average molecular weight is 348 g/mol. The highest BCUT2D eigenvalue weighted by Gasteiger charge is 2.21. The third-order valence-electron chi connectivity index (χ3n) is 5.06. The van der Waals surface area contributed by atoms with Crippen molar-refractivity contribution in [2.45, 2.75) is 26.8 Å². The Labute approximate surface area is 152 Å². The summed E-state index contributed by atoms with van der Waals surface area (Å²) < 4.78 is 11.3. The highest BCUT2D eigenvalue weighted by molar-refractivity contribution is 5.27. The van der Waals surface area contributed by atoms with Crippen molar-refractivity contribution in [1.29, 1.82) is 0 Å². The van der Waals surface area contributed by atoms with Crippen molar-refractivity contribution in [1.82, 2.24) is 15.3 Å². The number of hydrogen-bond acceptors (Lipinski definition) is 5. The van der Waals surface area contributed by atoms with Gasteiger partial charge in [0.25, 0.3) is 0 Å². The van der Waals surface area contributed by atoms with Crippen molar-refractivity contribution in [3.05, 3.63) is 29.8 Å². The number of nitrogens with zero attached hydrogens (tertiary/aromatic N) is 2. The minimum Gasteiger partial charge on any atom is -0.492 e. The van der Waals surface area contributed by atoms with E-state index in [1.165, 1.54) is 25.1 Å². The Kier molecular flexibility index (Phi) is 7.11. The van der Waals surface area contributed by atoms with Crippen LogP contribution in [0.4, 0.5) is 0 Å². The SMILES string of the molecule is C[C@@H]1C[C@H](C)CN(CCOc2ccc(CNN3CCOCC3)cc2)C1. The summed E-state index contributed by atoms with van der Waals surface area (Å²) in [5.41, 5.74) is 4.73. The highest BCUT2D eigenvalue weighted by Crippen LogP contribution is 2.20. The summed E-state index contributed by atoms with van der Waals surface area (Å²) in [4.78, 5) is 2.54. The first-order valence-electron chi connectivity index (χ1n) is 9.69. The summed E-state index contributed by atoms with van der Waals surface area (Å²) in [5.74, 6) is 2.58. The van der Waals surface area contributed by atoms with Crippen LogP contribution >= 0.6 is 0 Å². The Hall–Kier alpha value is -1.14. The van der Waals surface area contributed by atoms with Crippen molar-refractivity contribution in [3.8, 4) is 5.75 Å². The molecule has 0 unspecified atom stereocenters. The van der Waals surface area contributed by atoms with E-state index in [4.69, 9.17) is 9.47 Å². The Morgan fingerprint density at radius 3 is 2.44 bits per heavy atom. The number of hydrazine groups is 1. The molecule has 2 saturated heterocycles. The third kappa shape index (κ3) is 6.26. The van der Waals surface area contributed by atoms with Crippen LogP contribution in [0.2, 0.25) is 0 Å². The normalized spacial score (nSPS) is 25.8. The zero-order valence-corrected chi connectivity index (χ0v) is 15.7. The largest absolute Gasteiger partial charge is 0.492 e. The second-order valence-electron chi connectivity index (χ2n) is 7.63. The van der Waals surface area contributed by atoms with Crippen LogP contribution in [0, 0.1) is 11.8 Å². The van der Waals surface area contributed by atoms with E-state index < -0.39 is 0 Å². The van der Waals surface area contributed by atoms with Gasteiger partial charge in [-0.1, -0.05) is 26.0 Å². The summed E-state index contributed by atoms with van der Waals surface area (Å²) in [6, 6.07) is 8.46. The van der Waals surface area contributed by atoms with E-state index in [1.54, 1.807) is 0 Å². The number of rotatable bonds is 7. The second-order valence-corrected chi connectivity index (χ2v) is 7.63. The average Bonchev–Trinajstić information content (AvgIpc) is 2.61. The van der Waals surface area contributed by atoms with Gasteiger partial charge in [0.2, 0.25) is 0 Å². The molecule has 0 amide bonds. The zero-order valence-electron chi connectivity index (χ0n) is 15.7. The van der Waals surface area contributed by atoms with E-state index in [-0.39, 0.29) is 0 Å². The standard InChI is InChI=1S/C20H33N3O2/c1-17-13-18(2)16-22(15-17)7-12-25-20-5-3-19(4-6-20)14-21-23-8-10-24-11-9-23/h3-6,17-18,21H,7-16H2,1-2H3/t17-,18+. The van der Waals surface area contributed by atoms with Gasteiger partial charge in [0.15, 0.2) is 0 Å². The van der Waals surface area contributed by atoms with Gasteiger partial charge in [-0.3, -0.25) is 10.3 Å². The summed E-state index contributed by atoms with van der Waals surface area (Å²) in [6.45, 7) is 13.3. The minimum absolute atomic E-state index is 0.769. The van der Waals surface area contributed by atoms with Gasteiger partial charge < -0.3 is 9.47 Å². The predicted molar refractivity (Wildman–Crippen MR) is 101 cm³/mol. The van der Waals surface area contributed by atoms with Gasteiger partial charge in [0.05, 0.1) is 13.2 Å². The van der Waals surface area contributed by atoms with Crippen molar-refractivity contribution in [3.63, 3.8) is 0 Å². The molecule has 0 saturated carbocycles. The van der Waals surface area contributed by atoms with Gasteiger partial charge >= 0.3 is 0 Å². The Morgan fingerprint density at radius 1 is 1.08 bits per heavy atom. The molecule has 0 aliphatic carbocycles. The highest BCUT2D eigenvalue weighted by atomic mass is 16.5. The van der Waals surface area contributed by atoms with Crippen LogP contribution in [0.25, 0.3) is 0 Å². The molecule has 0 spiro atoms. The van der Waals surface area contributed by atoms with E-state index in [2.05, 4.69) is 53.4 Å². The maximum Gasteiger partial charge on any atom is 0.119 e. The van der Waals surface area contributed by atoms with Crippen LogP contribution in [0.3, 0.4) is 0 Å². The molecule has 2 atom stereocenters. The van der Waals surface area contributed by atoms with Gasteiger partial charge in [-0.25, -0.2) is 5.01 Å². The first-order chi connectivity index (χ1) is 12.2. The quantitative estimate of drug-likeness (QED) is 0.820. The maximum atomic E-state index is 5.94. The van der Waals surface area contributed by atoms with Gasteiger partial charge in [-0.2, -0.15) is 0 Å². The van der Waals surface area contributed by atoms with Crippen LogP contribution in [0.1, 0.15) is 25.8 Å². The third-order valence-corrected chi connectivity index (χ3v) is 5.06. The lowest BCUT2D eigenvalue weighted by Crippen LogP contribution is -2.45. The summed E-state index contributed by atoms with van der Waals surface area (Å²) in [7, 11) is 0. The fraction of sp³-hybridized carbons (Fsp3) is 0.700. The number of nitrogens with one attached hydrogen (secondary N) is 1. The molecule has 25 heavy (non-hydrogen) atoms. The number of morpholine rings is 1. The zero-order chi connectivity index (χ0) is 17.5. The molecule has 1 aromatic carbocycles. The number of ether oxygens (including phenoxy) is 2. The van der Waals surface area contributed by atoms with Crippen LogP contribution in [-0.4, -0.2) is 62.5 Å². The molecule has 2 aliphatic rings. The second kappa shape index (κ2) is 9.53. The summed E-state index contributed by atoms with van der Waals surface area (Å²) in [5, 5.41) is 2.23. The van der Waals surface area contributed by atoms with Crippen molar-refractivity contribution < 1.29 is 9.47 Å². The fourth-order valence-electron chi connectivity index (χ4n) is 3.90. The van der Waals surface area contributed by atoms with E-state index in [0.717, 1.165) is 63.6 Å². The van der Waals surface area contributed by atoms with Crippen molar-refractivity contribution in [2.24, 2.45) is 11.8 Å². The molecule has 2 heterocycles. The molecule has 0 bridgehead atoms. The van der Waals surface area contributed by atoms with E-state index in [9.17, 15) is 0 Å². The number of piperidine rings is 1. The lowest BCUT2D eigenvalue weighted by Gasteiger charge is -2.34. The lowest BCUT2D eigenvalue weighted by molar-refractivity contribution is 0.0106. The number of hydrogen-bond donors (Lipinski definition) is 1. The maximum absolute atomic E-state index is 5.94. The molecule has 2 fully saturated rings.